The SMILES string of the molecule is CO[C@]1(C)C[C@@H](C)CN(C)[C@H](c2ccc(Br)cc2)COC(=O)C(C)C(=O)[C@H](C)[C@H]1O[C@@H]1O[C@H](C)C[C@H](N(C)C)[C@H]1OC(=O)c1ccccc1. The molecule has 1 unspecified atom stereocenters. The molecule has 270 valence electrons. The van der Waals surface area contributed by atoms with E-state index in [1.165, 1.54) is 0 Å². The summed E-state index contributed by atoms with van der Waals surface area (Å²) in [5.74, 6) is -3.20. The molecular weight excluding hydrogens is 692 g/mol. The maximum absolute atomic E-state index is 14.1. The lowest BCUT2D eigenvalue weighted by molar-refractivity contribution is -0.294. The van der Waals surface area contributed by atoms with Gasteiger partial charge in [0.1, 0.15) is 12.5 Å². The molecule has 2 aromatic rings. The molecule has 2 saturated heterocycles. The molecule has 0 spiro atoms. The number of hydrogen-bond donors (Lipinski definition) is 0. The highest BCUT2D eigenvalue weighted by Gasteiger charge is 2.50. The first-order valence-electron chi connectivity index (χ1n) is 17.1. The van der Waals surface area contributed by atoms with Crippen molar-refractivity contribution in [3.05, 3.63) is 70.2 Å². The van der Waals surface area contributed by atoms with Crippen LogP contribution in [0, 0.1) is 17.8 Å². The Morgan fingerprint density at radius 1 is 1.02 bits per heavy atom. The first-order valence-corrected chi connectivity index (χ1v) is 17.9. The number of hydrogen-bond acceptors (Lipinski definition) is 10. The van der Waals surface area contributed by atoms with E-state index in [-0.39, 0.29) is 36.5 Å². The molecule has 10 atom stereocenters. The minimum atomic E-state index is -1.05. The van der Waals surface area contributed by atoms with Gasteiger partial charge in [-0.1, -0.05) is 60.1 Å². The van der Waals surface area contributed by atoms with Gasteiger partial charge in [-0.15, -0.1) is 0 Å². The monoisotopic (exact) mass is 744 g/mol. The molecule has 49 heavy (non-hydrogen) atoms. The quantitative estimate of drug-likeness (QED) is 0.251. The van der Waals surface area contributed by atoms with Gasteiger partial charge in [-0.05, 0) is 90.5 Å². The normalized spacial score (nSPS) is 34.0. The molecule has 2 aliphatic heterocycles. The first-order chi connectivity index (χ1) is 23.1. The second-order valence-electron chi connectivity index (χ2n) is 14.3. The third kappa shape index (κ3) is 9.56. The van der Waals surface area contributed by atoms with Gasteiger partial charge in [0.05, 0.1) is 35.5 Å². The number of Topliss-reactive ketones (excluding diaryl/α,β-unsaturated/α-hetero) is 1. The number of benzene rings is 2. The highest BCUT2D eigenvalue weighted by atomic mass is 79.9. The third-order valence-electron chi connectivity index (χ3n) is 10.1. The van der Waals surface area contributed by atoms with E-state index in [2.05, 4.69) is 27.8 Å². The van der Waals surface area contributed by atoms with Crippen LogP contribution in [0.1, 0.15) is 69.4 Å². The molecule has 11 heteroatoms. The number of halogens is 1. The summed E-state index contributed by atoms with van der Waals surface area (Å²) < 4.78 is 32.5. The molecule has 10 nitrogen and oxygen atoms in total. The lowest BCUT2D eigenvalue weighted by Crippen LogP contribution is -2.60. The van der Waals surface area contributed by atoms with E-state index in [9.17, 15) is 14.4 Å². The zero-order chi connectivity index (χ0) is 36.0. The van der Waals surface area contributed by atoms with Gasteiger partial charge in [-0.3, -0.25) is 14.5 Å². The molecule has 0 aliphatic carbocycles. The summed E-state index contributed by atoms with van der Waals surface area (Å²) in [7, 11) is 7.49. The summed E-state index contributed by atoms with van der Waals surface area (Å²) in [6.45, 7) is 10.1. The summed E-state index contributed by atoms with van der Waals surface area (Å²) in [5.41, 5.74) is 0.418. The van der Waals surface area contributed by atoms with Gasteiger partial charge in [0.25, 0.3) is 0 Å². The Bertz CT molecular complexity index is 1410. The maximum Gasteiger partial charge on any atom is 0.338 e. The summed E-state index contributed by atoms with van der Waals surface area (Å²) >= 11 is 3.51. The maximum atomic E-state index is 14.1. The van der Waals surface area contributed by atoms with E-state index in [1.54, 1.807) is 45.2 Å². The van der Waals surface area contributed by atoms with Crippen LogP contribution in [0.2, 0.25) is 0 Å². The van der Waals surface area contributed by atoms with Crippen molar-refractivity contribution in [1.82, 2.24) is 9.80 Å². The summed E-state index contributed by atoms with van der Waals surface area (Å²) in [6.07, 6.45) is -1.80. The number of carbonyl (C=O) groups is 3. The van der Waals surface area contributed by atoms with E-state index < -0.39 is 47.9 Å². The van der Waals surface area contributed by atoms with Crippen LogP contribution < -0.4 is 0 Å². The summed E-state index contributed by atoms with van der Waals surface area (Å²) in [5, 5.41) is 0. The summed E-state index contributed by atoms with van der Waals surface area (Å²) in [6, 6.07) is 16.3. The number of cyclic esters (lactones) is 1. The fraction of sp³-hybridized carbons (Fsp3) is 0.605. The highest BCUT2D eigenvalue weighted by Crippen LogP contribution is 2.38. The molecule has 0 aromatic heterocycles. The van der Waals surface area contributed by atoms with E-state index in [1.807, 2.05) is 70.2 Å². The minimum Gasteiger partial charge on any atom is -0.463 e. The van der Waals surface area contributed by atoms with Crippen molar-refractivity contribution in [2.75, 3.05) is 41.4 Å². The Morgan fingerprint density at radius 3 is 2.29 bits per heavy atom. The molecule has 0 amide bonds. The van der Waals surface area contributed by atoms with Crippen LogP contribution in [-0.4, -0.2) is 105 Å². The smallest absolute Gasteiger partial charge is 0.338 e. The van der Waals surface area contributed by atoms with Crippen molar-refractivity contribution in [2.24, 2.45) is 17.8 Å². The van der Waals surface area contributed by atoms with Crippen molar-refractivity contribution in [1.29, 1.82) is 0 Å². The molecule has 0 bridgehead atoms. The fourth-order valence-corrected chi connectivity index (χ4v) is 7.53. The van der Waals surface area contributed by atoms with Gasteiger partial charge in [0.15, 0.2) is 18.2 Å². The van der Waals surface area contributed by atoms with Gasteiger partial charge < -0.3 is 28.6 Å². The summed E-state index contributed by atoms with van der Waals surface area (Å²) in [4.78, 5) is 45.2. The van der Waals surface area contributed by atoms with E-state index in [0.717, 1.165) is 10.0 Å². The molecule has 0 saturated carbocycles. The average molecular weight is 746 g/mol. The van der Waals surface area contributed by atoms with E-state index >= 15 is 0 Å². The number of esters is 2. The lowest BCUT2D eigenvalue weighted by atomic mass is 9.78. The van der Waals surface area contributed by atoms with E-state index in [4.69, 9.17) is 23.7 Å². The largest absolute Gasteiger partial charge is 0.463 e. The zero-order valence-corrected chi connectivity index (χ0v) is 31.8. The van der Waals surface area contributed by atoms with Crippen molar-refractivity contribution >= 4 is 33.7 Å². The number of likely N-dealkylation sites (N-methyl/N-ethyl adjacent to an activating group) is 2. The number of ether oxygens (including phenoxy) is 5. The van der Waals surface area contributed by atoms with Gasteiger partial charge in [0.2, 0.25) is 0 Å². The second kappa shape index (κ2) is 17.0. The molecule has 0 radical (unpaired) electrons. The van der Waals surface area contributed by atoms with Gasteiger partial charge in [-0.2, -0.15) is 0 Å². The van der Waals surface area contributed by atoms with Crippen molar-refractivity contribution in [3.8, 4) is 0 Å². The molecule has 4 rings (SSSR count). The van der Waals surface area contributed by atoms with Crippen LogP contribution in [0.3, 0.4) is 0 Å². The standard InChI is InChI=1S/C38H53BrN2O8/c1-23-20-38(5,45-9)34(49-37-33(30(40(6)7)19-24(2)47-37)48-36(44)28-13-11-10-12-14-28)25(3)32(42)26(4)35(43)46-22-31(41(8)21-23)27-15-17-29(39)18-16-27/h10-18,23-26,30-31,33-34,37H,19-22H2,1-9H3/t23-,24-,25+,26?,30+,31+,33-,34-,37+,38-/m1/s1. The van der Waals surface area contributed by atoms with E-state index in [0.29, 0.717) is 24.9 Å². The average Bonchev–Trinajstić information content (AvgIpc) is 3.07. The Hall–Kier alpha value is -2.67. The predicted octanol–water partition coefficient (Wildman–Crippen LogP) is 5.93. The zero-order valence-electron chi connectivity index (χ0n) is 30.3. The second-order valence-corrected chi connectivity index (χ2v) is 15.2. The van der Waals surface area contributed by atoms with Crippen LogP contribution >= 0.6 is 15.9 Å². The molecule has 2 heterocycles. The Labute approximate surface area is 299 Å². The number of ketones is 1. The molecular formula is C38H53BrN2O8. The molecule has 2 fully saturated rings. The van der Waals surface area contributed by atoms with Gasteiger partial charge in [0, 0.05) is 24.0 Å². The predicted molar refractivity (Wildman–Crippen MR) is 190 cm³/mol. The van der Waals surface area contributed by atoms with Crippen LogP contribution in [0.25, 0.3) is 0 Å². The van der Waals surface area contributed by atoms with Crippen molar-refractivity contribution in [2.45, 2.75) is 89.7 Å². The number of methoxy groups -OCH3 is 1. The fourth-order valence-electron chi connectivity index (χ4n) is 7.27. The highest BCUT2D eigenvalue weighted by molar-refractivity contribution is 9.10. The Kier molecular flexibility index (Phi) is 13.6. The number of nitrogens with zero attached hydrogens (tertiary/aromatic N) is 2. The van der Waals surface area contributed by atoms with Crippen LogP contribution in [-0.2, 0) is 33.3 Å². The van der Waals surface area contributed by atoms with Crippen LogP contribution in [0.4, 0.5) is 0 Å². The minimum absolute atomic E-state index is 0.0719. The Balaban J connectivity index is 1.71. The lowest BCUT2D eigenvalue weighted by Gasteiger charge is -2.47. The van der Waals surface area contributed by atoms with Gasteiger partial charge >= 0.3 is 11.9 Å². The molecule has 2 aliphatic rings. The van der Waals surface area contributed by atoms with Crippen LogP contribution in [0.15, 0.2) is 59.1 Å². The third-order valence-corrected chi connectivity index (χ3v) is 10.6. The molecule has 0 N–H and O–H groups in total. The molecule has 2 aromatic carbocycles. The van der Waals surface area contributed by atoms with Crippen LogP contribution in [0.5, 0.6) is 0 Å². The number of carbonyl (C=O) groups excluding carboxylic acids is 3. The first kappa shape index (κ1) is 39.1. The van der Waals surface area contributed by atoms with Gasteiger partial charge in [-0.25, -0.2) is 4.79 Å². The Morgan fingerprint density at radius 2 is 1.67 bits per heavy atom. The topological polar surface area (TPSA) is 104 Å². The number of rotatable bonds is 7. The van der Waals surface area contributed by atoms with Crippen molar-refractivity contribution in [3.63, 3.8) is 0 Å². The van der Waals surface area contributed by atoms with Crippen molar-refractivity contribution < 1.29 is 38.1 Å².